The van der Waals surface area contributed by atoms with Gasteiger partial charge in [-0.3, -0.25) is 14.7 Å². The van der Waals surface area contributed by atoms with Gasteiger partial charge in [0, 0.05) is 19.2 Å². The number of anilines is 1. The number of hydrogen-bond acceptors (Lipinski definition) is 4. The van der Waals surface area contributed by atoms with Gasteiger partial charge in [0.25, 0.3) is 0 Å². The second kappa shape index (κ2) is 7.26. The van der Waals surface area contributed by atoms with Crippen LogP contribution in [-0.2, 0) is 28.0 Å². The molecule has 1 aromatic heterocycles. The first-order valence-corrected chi connectivity index (χ1v) is 9.13. The number of fused-ring (bicyclic) bond motifs is 1. The lowest BCUT2D eigenvalue weighted by Gasteiger charge is -2.28. The molecule has 2 amide bonds. The van der Waals surface area contributed by atoms with Crippen molar-refractivity contribution in [2.45, 2.75) is 24.8 Å². The fourth-order valence-corrected chi connectivity index (χ4v) is 3.90. The van der Waals surface area contributed by atoms with Gasteiger partial charge in [0.15, 0.2) is 0 Å². The highest BCUT2D eigenvalue weighted by Gasteiger charge is 2.50. The molecule has 0 aliphatic carbocycles. The number of aromatic nitrogens is 3. The van der Waals surface area contributed by atoms with Crippen LogP contribution in [0.25, 0.3) is 0 Å². The minimum atomic E-state index is -0.932. The number of rotatable bonds is 6. The first-order valence-electron chi connectivity index (χ1n) is 9.13. The Kier molecular flexibility index (Phi) is 4.65. The maximum absolute atomic E-state index is 13.4. The molecule has 1 atom stereocenters. The normalized spacial score (nSPS) is 18.2. The Labute approximate surface area is 162 Å². The van der Waals surface area contributed by atoms with Crippen molar-refractivity contribution in [3.63, 3.8) is 0 Å². The Bertz CT molecular complexity index is 987. The molecule has 0 saturated carbocycles. The summed E-state index contributed by atoms with van der Waals surface area (Å²) < 4.78 is 0. The number of carbonyl (C=O) groups is 2. The van der Waals surface area contributed by atoms with Crippen LogP contribution in [-0.4, -0.2) is 34.0 Å². The van der Waals surface area contributed by atoms with Crippen molar-refractivity contribution in [2.24, 2.45) is 0 Å². The zero-order valence-electron chi connectivity index (χ0n) is 15.6. The fourth-order valence-electron chi connectivity index (χ4n) is 3.90. The molecule has 0 fully saturated rings. The minimum absolute atomic E-state index is 0.0626. The highest BCUT2D eigenvalue weighted by molar-refractivity contribution is 6.09. The number of hydrogen-bond donors (Lipinski definition) is 2. The van der Waals surface area contributed by atoms with Gasteiger partial charge in [-0.15, -0.1) is 0 Å². The molecular weight excluding hydrogens is 354 g/mol. The van der Waals surface area contributed by atoms with Gasteiger partial charge in [-0.2, -0.15) is 5.10 Å². The summed E-state index contributed by atoms with van der Waals surface area (Å²) in [5.41, 5.74) is 1.83. The van der Waals surface area contributed by atoms with E-state index in [-0.39, 0.29) is 24.8 Å². The average Bonchev–Trinajstić information content (AvgIpc) is 3.31. The largest absolute Gasteiger partial charge is 0.349 e. The van der Waals surface area contributed by atoms with E-state index in [1.54, 1.807) is 11.9 Å². The van der Waals surface area contributed by atoms with E-state index in [1.807, 2.05) is 54.6 Å². The lowest BCUT2D eigenvalue weighted by Crippen LogP contribution is -2.44. The van der Waals surface area contributed by atoms with Gasteiger partial charge < -0.3 is 10.2 Å². The summed E-state index contributed by atoms with van der Waals surface area (Å²) in [6, 6.07) is 17.5. The first kappa shape index (κ1) is 17.9. The van der Waals surface area contributed by atoms with E-state index in [0.717, 1.165) is 16.8 Å². The molecule has 2 aromatic carbocycles. The number of nitrogens with one attached hydrogen (secondary N) is 2. The minimum Gasteiger partial charge on any atom is -0.349 e. The fraction of sp³-hybridized carbons (Fsp3) is 0.238. The van der Waals surface area contributed by atoms with Crippen molar-refractivity contribution in [2.75, 3.05) is 11.9 Å². The predicted octanol–water partition coefficient (Wildman–Crippen LogP) is 1.97. The summed E-state index contributed by atoms with van der Waals surface area (Å²) in [7, 11) is 1.76. The smallest absolute Gasteiger partial charge is 0.238 e. The summed E-state index contributed by atoms with van der Waals surface area (Å²) in [5.74, 6) is 0.305. The van der Waals surface area contributed by atoms with Gasteiger partial charge >= 0.3 is 0 Å². The number of aromatic amines is 1. The van der Waals surface area contributed by atoms with Crippen LogP contribution in [0.2, 0.25) is 0 Å². The van der Waals surface area contributed by atoms with Gasteiger partial charge in [-0.05, 0) is 23.6 Å². The number of benzene rings is 2. The lowest BCUT2D eigenvalue weighted by molar-refractivity contribution is -0.129. The maximum atomic E-state index is 13.4. The average molecular weight is 375 g/mol. The summed E-state index contributed by atoms with van der Waals surface area (Å²) in [4.78, 5) is 31.8. The molecule has 0 saturated heterocycles. The summed E-state index contributed by atoms with van der Waals surface area (Å²) in [6.45, 7) is 0.242. The highest BCUT2D eigenvalue weighted by atomic mass is 16.2. The summed E-state index contributed by atoms with van der Waals surface area (Å²) >= 11 is 0. The molecule has 1 aliphatic heterocycles. The van der Waals surface area contributed by atoms with E-state index in [9.17, 15) is 9.59 Å². The second-order valence-electron chi connectivity index (χ2n) is 7.01. The van der Waals surface area contributed by atoms with E-state index in [0.29, 0.717) is 12.2 Å². The molecule has 4 rings (SSSR count). The molecule has 28 heavy (non-hydrogen) atoms. The molecule has 1 aliphatic rings. The van der Waals surface area contributed by atoms with Crippen molar-refractivity contribution < 1.29 is 9.59 Å². The SMILES string of the molecule is CN1C(=O)[C@@](CC(=O)NCc2ncn[nH]2)(Cc2ccccc2)c2ccccc21. The highest BCUT2D eigenvalue weighted by Crippen LogP contribution is 2.45. The number of para-hydroxylation sites is 1. The monoisotopic (exact) mass is 375 g/mol. The molecular formula is C21H21N5O2. The van der Waals surface area contributed by atoms with E-state index in [1.165, 1.54) is 6.33 Å². The zero-order chi connectivity index (χ0) is 19.6. The predicted molar refractivity (Wildman–Crippen MR) is 105 cm³/mol. The van der Waals surface area contributed by atoms with Gasteiger partial charge in [-0.1, -0.05) is 48.5 Å². The van der Waals surface area contributed by atoms with Crippen LogP contribution in [0.1, 0.15) is 23.4 Å². The number of nitrogens with zero attached hydrogens (tertiary/aromatic N) is 3. The molecule has 0 unspecified atom stereocenters. The van der Waals surface area contributed by atoms with Crippen molar-refractivity contribution >= 4 is 17.5 Å². The number of amides is 2. The van der Waals surface area contributed by atoms with Gasteiger partial charge in [-0.25, -0.2) is 4.98 Å². The molecule has 0 spiro atoms. The number of H-pyrrole nitrogens is 1. The molecule has 2 N–H and O–H groups in total. The van der Waals surface area contributed by atoms with Crippen molar-refractivity contribution in [3.05, 3.63) is 77.9 Å². The van der Waals surface area contributed by atoms with E-state index >= 15 is 0 Å². The molecule has 0 radical (unpaired) electrons. The third-order valence-corrected chi connectivity index (χ3v) is 5.22. The first-order chi connectivity index (χ1) is 13.6. The van der Waals surface area contributed by atoms with Crippen LogP contribution in [0.4, 0.5) is 5.69 Å². The molecule has 0 bridgehead atoms. The maximum Gasteiger partial charge on any atom is 0.238 e. The standard InChI is InChI=1S/C21H21N5O2/c1-26-17-10-6-5-9-16(17)21(20(26)28,11-15-7-3-2-4-8-15)12-19(27)22-13-18-23-14-24-25-18/h2-10,14H,11-13H2,1H3,(H,22,27)(H,23,24,25)/t21-/m1/s1. The van der Waals surface area contributed by atoms with Gasteiger partial charge in [0.2, 0.25) is 11.8 Å². The third-order valence-electron chi connectivity index (χ3n) is 5.22. The van der Waals surface area contributed by atoms with Crippen LogP contribution >= 0.6 is 0 Å². The Morgan fingerprint density at radius 1 is 1.14 bits per heavy atom. The van der Waals surface area contributed by atoms with Crippen LogP contribution < -0.4 is 10.2 Å². The Balaban J connectivity index is 1.66. The summed E-state index contributed by atoms with van der Waals surface area (Å²) in [5, 5.41) is 9.34. The van der Waals surface area contributed by atoms with E-state index < -0.39 is 5.41 Å². The molecule has 2 heterocycles. The van der Waals surface area contributed by atoms with Crippen LogP contribution in [0.5, 0.6) is 0 Å². The molecule has 7 nitrogen and oxygen atoms in total. The van der Waals surface area contributed by atoms with Crippen molar-refractivity contribution in [3.8, 4) is 0 Å². The molecule has 7 heteroatoms. The Morgan fingerprint density at radius 2 is 1.89 bits per heavy atom. The molecule has 3 aromatic rings. The molecule has 142 valence electrons. The zero-order valence-corrected chi connectivity index (χ0v) is 15.6. The van der Waals surface area contributed by atoms with Crippen LogP contribution in [0.3, 0.4) is 0 Å². The quantitative estimate of drug-likeness (QED) is 0.689. The number of carbonyl (C=O) groups excluding carboxylic acids is 2. The van der Waals surface area contributed by atoms with E-state index in [4.69, 9.17) is 0 Å². The van der Waals surface area contributed by atoms with Crippen molar-refractivity contribution in [1.29, 1.82) is 0 Å². The van der Waals surface area contributed by atoms with E-state index in [2.05, 4.69) is 20.5 Å². The van der Waals surface area contributed by atoms with Crippen LogP contribution in [0, 0.1) is 0 Å². The van der Waals surface area contributed by atoms with Gasteiger partial charge in [0.05, 0.1) is 12.0 Å². The Hall–Kier alpha value is -3.48. The number of likely N-dealkylation sites (N-methyl/N-ethyl adjacent to an activating group) is 1. The topological polar surface area (TPSA) is 91.0 Å². The van der Waals surface area contributed by atoms with Gasteiger partial charge in [0.1, 0.15) is 12.2 Å². The summed E-state index contributed by atoms with van der Waals surface area (Å²) in [6.07, 6.45) is 1.92. The lowest BCUT2D eigenvalue weighted by atomic mass is 9.73. The van der Waals surface area contributed by atoms with Crippen LogP contribution in [0.15, 0.2) is 60.9 Å². The second-order valence-corrected chi connectivity index (χ2v) is 7.01. The third kappa shape index (κ3) is 3.15. The van der Waals surface area contributed by atoms with Crippen molar-refractivity contribution in [1.82, 2.24) is 20.5 Å². The Morgan fingerprint density at radius 3 is 2.64 bits per heavy atom.